The van der Waals surface area contributed by atoms with Crippen LogP contribution in [-0.4, -0.2) is 31.2 Å². The van der Waals surface area contributed by atoms with Crippen molar-refractivity contribution in [1.82, 2.24) is 4.31 Å². The number of nitrogens with zero attached hydrogens (tertiary/aromatic N) is 1. The number of hydrogen-bond donors (Lipinski definition) is 0. The maximum absolute atomic E-state index is 13.0. The van der Waals surface area contributed by atoms with E-state index in [2.05, 4.69) is 0 Å². The van der Waals surface area contributed by atoms with E-state index >= 15 is 0 Å². The van der Waals surface area contributed by atoms with Gasteiger partial charge < -0.3 is 0 Å². The highest BCUT2D eigenvalue weighted by atomic mass is 35.5. The van der Waals surface area contributed by atoms with E-state index in [0.29, 0.717) is 5.56 Å². The number of rotatable bonds is 5. The molecule has 0 radical (unpaired) electrons. The van der Waals surface area contributed by atoms with Crippen molar-refractivity contribution in [2.75, 3.05) is 12.4 Å². The largest absolute Gasteiger partial charge is 0.243 e. The van der Waals surface area contributed by atoms with Gasteiger partial charge in [-0.3, -0.25) is 0 Å². The van der Waals surface area contributed by atoms with Gasteiger partial charge in [-0.05, 0) is 44.5 Å². The van der Waals surface area contributed by atoms with Crippen LogP contribution in [0.25, 0.3) is 0 Å². The van der Waals surface area contributed by atoms with E-state index < -0.39 is 15.8 Å². The summed E-state index contributed by atoms with van der Waals surface area (Å²) in [7, 11) is -3.63. The van der Waals surface area contributed by atoms with E-state index in [1.165, 1.54) is 16.4 Å². The van der Waals surface area contributed by atoms with Gasteiger partial charge in [-0.25, -0.2) is 12.8 Å². The lowest BCUT2D eigenvalue weighted by molar-refractivity contribution is 0.370. The van der Waals surface area contributed by atoms with E-state index in [9.17, 15) is 12.8 Å². The molecule has 1 aromatic rings. The predicted molar refractivity (Wildman–Crippen MR) is 70.9 cm³/mol. The lowest BCUT2D eigenvalue weighted by atomic mass is 10.2. The van der Waals surface area contributed by atoms with Gasteiger partial charge in [0.05, 0.1) is 4.90 Å². The fourth-order valence-corrected chi connectivity index (χ4v) is 3.90. The van der Waals surface area contributed by atoms with E-state index in [-0.39, 0.29) is 23.4 Å². The molecule has 0 atom stereocenters. The number of halogens is 2. The molecular formula is C12H17ClFNO2S. The van der Waals surface area contributed by atoms with Crippen molar-refractivity contribution in [3.63, 3.8) is 0 Å². The van der Waals surface area contributed by atoms with Crippen molar-refractivity contribution in [3.8, 4) is 0 Å². The Hall–Kier alpha value is -0.650. The van der Waals surface area contributed by atoms with Crippen LogP contribution in [0.5, 0.6) is 0 Å². The maximum atomic E-state index is 13.0. The quantitative estimate of drug-likeness (QED) is 0.783. The molecule has 0 N–H and O–H groups in total. The Morgan fingerprint density at radius 1 is 1.39 bits per heavy atom. The third-order valence-electron chi connectivity index (χ3n) is 2.60. The minimum absolute atomic E-state index is 0.128. The van der Waals surface area contributed by atoms with Gasteiger partial charge >= 0.3 is 0 Å². The van der Waals surface area contributed by atoms with Gasteiger partial charge in [0.15, 0.2) is 0 Å². The Morgan fingerprint density at radius 2 is 2.00 bits per heavy atom. The smallest absolute Gasteiger partial charge is 0.207 e. The predicted octanol–water partition coefficient (Wildman–Crippen LogP) is 2.77. The maximum Gasteiger partial charge on any atom is 0.243 e. The van der Waals surface area contributed by atoms with Gasteiger partial charge in [0.2, 0.25) is 10.0 Å². The number of aryl methyl sites for hydroxylation is 1. The summed E-state index contributed by atoms with van der Waals surface area (Å²) in [6.07, 6.45) is 0. The lowest BCUT2D eigenvalue weighted by Gasteiger charge is -2.25. The van der Waals surface area contributed by atoms with Crippen LogP contribution in [0.15, 0.2) is 23.1 Å². The van der Waals surface area contributed by atoms with Gasteiger partial charge in [0.25, 0.3) is 0 Å². The Morgan fingerprint density at radius 3 is 2.44 bits per heavy atom. The number of sulfonamides is 1. The summed E-state index contributed by atoms with van der Waals surface area (Å²) in [4.78, 5) is 0.128. The van der Waals surface area contributed by atoms with E-state index in [0.717, 1.165) is 6.07 Å². The summed E-state index contributed by atoms with van der Waals surface area (Å²) in [5, 5.41) is 0. The van der Waals surface area contributed by atoms with E-state index in [1.54, 1.807) is 20.8 Å². The fraction of sp³-hybridized carbons (Fsp3) is 0.500. The molecule has 0 bridgehead atoms. The fourth-order valence-electron chi connectivity index (χ4n) is 1.77. The molecule has 0 aromatic heterocycles. The highest BCUT2D eigenvalue weighted by Gasteiger charge is 2.27. The van der Waals surface area contributed by atoms with Crippen molar-refractivity contribution in [2.45, 2.75) is 31.7 Å². The summed E-state index contributed by atoms with van der Waals surface area (Å²) in [6, 6.07) is 3.47. The molecule has 0 aliphatic carbocycles. The standard InChI is InChI=1S/C12H17ClFNO2S/c1-9(2)15(7-6-13)18(16,17)12-5-4-11(14)8-10(12)3/h4-5,8-9H,6-7H2,1-3H3. The number of alkyl halides is 1. The minimum atomic E-state index is -3.63. The molecule has 6 heteroatoms. The molecule has 102 valence electrons. The van der Waals surface area contributed by atoms with Crippen LogP contribution >= 0.6 is 11.6 Å². The molecule has 0 heterocycles. The number of hydrogen-bond acceptors (Lipinski definition) is 2. The Bertz CT molecular complexity index is 517. The second-order valence-corrected chi connectivity index (χ2v) is 6.55. The third-order valence-corrected chi connectivity index (χ3v) is 5.01. The molecule has 18 heavy (non-hydrogen) atoms. The second-order valence-electron chi connectivity index (χ2n) is 4.31. The normalized spacial score (nSPS) is 12.4. The summed E-state index contributed by atoms with van der Waals surface area (Å²) in [5.41, 5.74) is 0.398. The average Bonchev–Trinajstić information content (AvgIpc) is 2.24. The van der Waals surface area contributed by atoms with Crippen molar-refractivity contribution in [1.29, 1.82) is 0 Å². The van der Waals surface area contributed by atoms with Gasteiger partial charge in [-0.1, -0.05) is 0 Å². The molecule has 0 aliphatic rings. The zero-order valence-corrected chi connectivity index (χ0v) is 12.2. The first kappa shape index (κ1) is 15.4. The molecule has 0 saturated heterocycles. The van der Waals surface area contributed by atoms with Crippen LogP contribution in [0.1, 0.15) is 19.4 Å². The van der Waals surface area contributed by atoms with Crippen molar-refractivity contribution < 1.29 is 12.8 Å². The van der Waals surface area contributed by atoms with E-state index in [1.807, 2.05) is 0 Å². The van der Waals surface area contributed by atoms with Crippen molar-refractivity contribution >= 4 is 21.6 Å². The second kappa shape index (κ2) is 5.99. The summed E-state index contributed by atoms with van der Waals surface area (Å²) in [5.74, 6) is -0.225. The van der Waals surface area contributed by atoms with Crippen LogP contribution < -0.4 is 0 Å². The zero-order valence-electron chi connectivity index (χ0n) is 10.7. The van der Waals surface area contributed by atoms with E-state index in [4.69, 9.17) is 11.6 Å². The number of benzene rings is 1. The van der Waals surface area contributed by atoms with Crippen molar-refractivity contribution in [3.05, 3.63) is 29.6 Å². The summed E-state index contributed by atoms with van der Waals surface area (Å²) in [6.45, 7) is 5.37. The van der Waals surface area contributed by atoms with Crippen LogP contribution in [0.2, 0.25) is 0 Å². The first-order chi connectivity index (χ1) is 8.30. The molecule has 0 saturated carbocycles. The molecule has 0 amide bonds. The van der Waals surface area contributed by atoms with Crippen LogP contribution in [0.3, 0.4) is 0 Å². The Balaban J connectivity index is 3.26. The molecule has 0 unspecified atom stereocenters. The summed E-state index contributed by atoms with van der Waals surface area (Å²) < 4.78 is 39.2. The van der Waals surface area contributed by atoms with Gasteiger partial charge in [-0.15, -0.1) is 11.6 Å². The molecule has 0 fully saturated rings. The lowest BCUT2D eigenvalue weighted by Crippen LogP contribution is -2.38. The first-order valence-electron chi connectivity index (χ1n) is 5.64. The monoisotopic (exact) mass is 293 g/mol. The molecule has 1 aromatic carbocycles. The van der Waals surface area contributed by atoms with Crippen LogP contribution in [-0.2, 0) is 10.0 Å². The van der Waals surface area contributed by atoms with Crippen LogP contribution in [0.4, 0.5) is 4.39 Å². The third kappa shape index (κ3) is 3.22. The molecule has 0 aliphatic heterocycles. The van der Waals surface area contributed by atoms with Crippen molar-refractivity contribution in [2.24, 2.45) is 0 Å². The highest BCUT2D eigenvalue weighted by Crippen LogP contribution is 2.22. The molecular weight excluding hydrogens is 277 g/mol. The Kier molecular flexibility index (Phi) is 5.13. The van der Waals surface area contributed by atoms with Gasteiger partial charge in [-0.2, -0.15) is 4.31 Å². The summed E-state index contributed by atoms with van der Waals surface area (Å²) >= 11 is 5.63. The first-order valence-corrected chi connectivity index (χ1v) is 7.62. The average molecular weight is 294 g/mol. The topological polar surface area (TPSA) is 37.4 Å². The van der Waals surface area contributed by atoms with Crippen LogP contribution in [0, 0.1) is 12.7 Å². The molecule has 3 nitrogen and oxygen atoms in total. The highest BCUT2D eigenvalue weighted by molar-refractivity contribution is 7.89. The SMILES string of the molecule is Cc1cc(F)ccc1S(=O)(=O)N(CCCl)C(C)C. The Labute approximate surface area is 113 Å². The van der Waals surface area contributed by atoms with Gasteiger partial charge in [0.1, 0.15) is 5.82 Å². The minimum Gasteiger partial charge on any atom is -0.207 e. The molecule has 0 spiro atoms. The zero-order chi connectivity index (χ0) is 13.9. The molecule has 1 rings (SSSR count). The van der Waals surface area contributed by atoms with Gasteiger partial charge in [0, 0.05) is 18.5 Å².